The molecule has 0 radical (unpaired) electrons. The molecule has 110 valence electrons. The molecule has 1 saturated heterocycles. The van der Waals surface area contributed by atoms with Crippen molar-refractivity contribution in [2.24, 2.45) is 0 Å². The summed E-state index contributed by atoms with van der Waals surface area (Å²) < 4.78 is 10.8. The summed E-state index contributed by atoms with van der Waals surface area (Å²) in [7, 11) is 0. The predicted molar refractivity (Wildman–Crippen MR) is 75.2 cm³/mol. The number of ether oxygens (including phenoxy) is 2. The molecular formula is C14H18O5S. The molecule has 0 amide bonds. The number of carbonyl (C=O) groups is 1. The Morgan fingerprint density at radius 1 is 1.30 bits per heavy atom. The maximum Gasteiger partial charge on any atom is 0.185 e. The van der Waals surface area contributed by atoms with Crippen LogP contribution in [0.2, 0.25) is 0 Å². The summed E-state index contributed by atoms with van der Waals surface area (Å²) in [6, 6.07) is 7.07. The van der Waals surface area contributed by atoms with Crippen molar-refractivity contribution in [2.45, 2.75) is 25.4 Å². The highest BCUT2D eigenvalue weighted by molar-refractivity contribution is 8.13. The first-order valence-electron chi connectivity index (χ1n) is 6.40. The molecule has 0 spiro atoms. The average molecular weight is 298 g/mol. The summed E-state index contributed by atoms with van der Waals surface area (Å²) in [6.45, 7) is 2.59. The van der Waals surface area contributed by atoms with Gasteiger partial charge in [0, 0.05) is 18.2 Å². The number of aliphatic hydroxyl groups excluding tert-OH is 2. The van der Waals surface area contributed by atoms with Crippen LogP contribution >= 0.6 is 11.8 Å². The van der Waals surface area contributed by atoms with Gasteiger partial charge < -0.3 is 19.7 Å². The summed E-state index contributed by atoms with van der Waals surface area (Å²) in [6.07, 6.45) is -2.34. The van der Waals surface area contributed by atoms with E-state index in [1.54, 1.807) is 24.3 Å². The minimum Gasteiger partial charge on any atom is -0.389 e. The lowest BCUT2D eigenvalue weighted by molar-refractivity contribution is -0.109. The number of rotatable bonds is 5. The normalized spacial score (nSPS) is 18.9. The second-order valence-electron chi connectivity index (χ2n) is 4.55. The van der Waals surface area contributed by atoms with Crippen molar-refractivity contribution >= 4 is 16.9 Å². The third kappa shape index (κ3) is 4.04. The van der Waals surface area contributed by atoms with Crippen LogP contribution in [0.15, 0.2) is 24.3 Å². The maximum atomic E-state index is 10.8. The number of benzene rings is 1. The SMILES string of the molecule is CC(=O)SCC(O)C(O)c1ccc(C2OCCO2)cc1. The van der Waals surface area contributed by atoms with Gasteiger partial charge in [0.2, 0.25) is 0 Å². The van der Waals surface area contributed by atoms with Gasteiger partial charge in [0.1, 0.15) is 6.10 Å². The lowest BCUT2D eigenvalue weighted by Crippen LogP contribution is -2.21. The Hall–Kier alpha value is -0.920. The number of hydrogen-bond acceptors (Lipinski definition) is 6. The fraction of sp³-hybridized carbons (Fsp3) is 0.500. The van der Waals surface area contributed by atoms with Crippen LogP contribution in [-0.2, 0) is 14.3 Å². The van der Waals surface area contributed by atoms with E-state index in [9.17, 15) is 15.0 Å². The molecule has 1 aromatic carbocycles. The lowest BCUT2D eigenvalue weighted by Gasteiger charge is -2.18. The minimum atomic E-state index is -1.01. The van der Waals surface area contributed by atoms with E-state index in [4.69, 9.17) is 9.47 Å². The van der Waals surface area contributed by atoms with Crippen LogP contribution in [0.25, 0.3) is 0 Å². The lowest BCUT2D eigenvalue weighted by atomic mass is 10.0. The first-order valence-corrected chi connectivity index (χ1v) is 7.39. The Morgan fingerprint density at radius 3 is 2.45 bits per heavy atom. The molecule has 1 heterocycles. The maximum absolute atomic E-state index is 10.8. The zero-order chi connectivity index (χ0) is 14.5. The Balaban J connectivity index is 1.95. The van der Waals surface area contributed by atoms with E-state index in [2.05, 4.69) is 0 Å². The predicted octanol–water partition coefficient (Wildman–Crippen LogP) is 1.41. The highest BCUT2D eigenvalue weighted by Crippen LogP contribution is 2.26. The zero-order valence-corrected chi connectivity index (χ0v) is 12.0. The molecule has 2 unspecified atom stereocenters. The number of carbonyl (C=O) groups excluding carboxylic acids is 1. The van der Waals surface area contributed by atoms with Gasteiger partial charge in [0.05, 0.1) is 19.3 Å². The van der Waals surface area contributed by atoms with Crippen LogP contribution in [-0.4, -0.2) is 40.4 Å². The summed E-state index contributed by atoms with van der Waals surface area (Å²) in [4.78, 5) is 10.8. The molecule has 1 aliphatic rings. The first-order chi connectivity index (χ1) is 9.58. The molecular weight excluding hydrogens is 280 g/mol. The second-order valence-corrected chi connectivity index (χ2v) is 5.75. The molecule has 2 rings (SSSR count). The molecule has 5 nitrogen and oxygen atoms in total. The first kappa shape index (κ1) is 15.5. The Bertz CT molecular complexity index is 441. The molecule has 1 fully saturated rings. The quantitative estimate of drug-likeness (QED) is 0.856. The fourth-order valence-corrected chi connectivity index (χ4v) is 2.50. The Labute approximate surface area is 121 Å². The molecule has 0 aliphatic carbocycles. The van der Waals surface area contributed by atoms with Gasteiger partial charge in [-0.05, 0) is 5.56 Å². The van der Waals surface area contributed by atoms with Crippen LogP contribution in [0.3, 0.4) is 0 Å². The van der Waals surface area contributed by atoms with Gasteiger partial charge in [0.25, 0.3) is 0 Å². The van der Waals surface area contributed by atoms with Crippen molar-refractivity contribution in [3.8, 4) is 0 Å². The van der Waals surface area contributed by atoms with E-state index in [-0.39, 0.29) is 17.2 Å². The largest absolute Gasteiger partial charge is 0.389 e. The summed E-state index contributed by atoms with van der Waals surface area (Å²) in [5.74, 6) is 0.174. The van der Waals surface area contributed by atoms with Gasteiger partial charge in [-0.25, -0.2) is 0 Å². The van der Waals surface area contributed by atoms with E-state index < -0.39 is 12.2 Å². The van der Waals surface area contributed by atoms with Crippen LogP contribution in [0.5, 0.6) is 0 Å². The molecule has 6 heteroatoms. The highest BCUT2D eigenvalue weighted by atomic mass is 32.2. The third-order valence-corrected chi connectivity index (χ3v) is 3.91. The Morgan fingerprint density at radius 2 is 1.90 bits per heavy atom. The van der Waals surface area contributed by atoms with E-state index in [1.807, 2.05) is 0 Å². The van der Waals surface area contributed by atoms with Gasteiger partial charge in [-0.1, -0.05) is 36.0 Å². The number of thioether (sulfide) groups is 1. The van der Waals surface area contributed by atoms with Crippen LogP contribution < -0.4 is 0 Å². The van der Waals surface area contributed by atoms with E-state index >= 15 is 0 Å². The van der Waals surface area contributed by atoms with Crippen molar-refractivity contribution in [3.05, 3.63) is 35.4 Å². The number of aliphatic hydroxyl groups is 2. The fourth-order valence-electron chi connectivity index (χ4n) is 1.92. The summed E-state index contributed by atoms with van der Waals surface area (Å²) >= 11 is 0.997. The molecule has 0 aromatic heterocycles. The van der Waals surface area contributed by atoms with Crippen molar-refractivity contribution in [3.63, 3.8) is 0 Å². The topological polar surface area (TPSA) is 76.0 Å². The molecule has 1 aromatic rings. The van der Waals surface area contributed by atoms with E-state index in [0.29, 0.717) is 18.8 Å². The van der Waals surface area contributed by atoms with Gasteiger partial charge in [-0.15, -0.1) is 0 Å². The van der Waals surface area contributed by atoms with Gasteiger partial charge in [0.15, 0.2) is 11.4 Å². The zero-order valence-electron chi connectivity index (χ0n) is 11.2. The molecule has 2 N–H and O–H groups in total. The van der Waals surface area contributed by atoms with E-state index in [1.165, 1.54) is 6.92 Å². The standard InChI is InChI=1S/C14H18O5S/c1-9(15)20-8-12(16)13(17)10-2-4-11(5-3-10)14-18-6-7-19-14/h2-5,12-14,16-17H,6-8H2,1H3. The molecule has 2 atom stereocenters. The molecule has 1 aliphatic heterocycles. The van der Waals surface area contributed by atoms with Crippen molar-refractivity contribution in [1.82, 2.24) is 0 Å². The van der Waals surface area contributed by atoms with Crippen LogP contribution in [0, 0.1) is 0 Å². The van der Waals surface area contributed by atoms with Crippen molar-refractivity contribution in [1.29, 1.82) is 0 Å². The minimum absolute atomic E-state index is 0.0814. The van der Waals surface area contributed by atoms with Gasteiger partial charge in [-0.3, -0.25) is 4.79 Å². The highest BCUT2D eigenvalue weighted by Gasteiger charge is 2.21. The summed E-state index contributed by atoms with van der Waals surface area (Å²) in [5.41, 5.74) is 1.48. The third-order valence-electron chi connectivity index (χ3n) is 2.99. The van der Waals surface area contributed by atoms with Crippen molar-refractivity contribution < 1.29 is 24.5 Å². The van der Waals surface area contributed by atoms with Gasteiger partial charge >= 0.3 is 0 Å². The Kier molecular flexibility index (Phi) is 5.56. The van der Waals surface area contributed by atoms with E-state index in [0.717, 1.165) is 17.3 Å². The average Bonchev–Trinajstić information content (AvgIpc) is 2.98. The smallest absolute Gasteiger partial charge is 0.185 e. The van der Waals surface area contributed by atoms with Crippen molar-refractivity contribution in [2.75, 3.05) is 19.0 Å². The molecule has 0 bridgehead atoms. The molecule has 20 heavy (non-hydrogen) atoms. The number of hydrogen-bond donors (Lipinski definition) is 2. The second kappa shape index (κ2) is 7.19. The van der Waals surface area contributed by atoms with Gasteiger partial charge in [-0.2, -0.15) is 0 Å². The molecule has 0 saturated carbocycles. The summed E-state index contributed by atoms with van der Waals surface area (Å²) in [5, 5.41) is 19.8. The monoisotopic (exact) mass is 298 g/mol. The van der Waals surface area contributed by atoms with Crippen LogP contribution in [0.4, 0.5) is 0 Å². The van der Waals surface area contributed by atoms with Crippen LogP contribution in [0.1, 0.15) is 30.4 Å².